The quantitative estimate of drug-likeness (QED) is 0.110. The Bertz CT molecular complexity index is 1560. The van der Waals surface area contributed by atoms with E-state index in [0.717, 1.165) is 10.8 Å². The van der Waals surface area contributed by atoms with E-state index in [4.69, 9.17) is 24.2 Å². The van der Waals surface area contributed by atoms with Crippen molar-refractivity contribution in [1.29, 1.82) is 5.26 Å². The lowest BCUT2D eigenvalue weighted by atomic mass is 9.95. The molecule has 0 saturated carbocycles. The van der Waals surface area contributed by atoms with Gasteiger partial charge in [-0.2, -0.15) is 10.4 Å². The molecule has 0 bridgehead atoms. The molecule has 0 radical (unpaired) electrons. The highest BCUT2D eigenvalue weighted by Crippen LogP contribution is 2.35. The van der Waals surface area contributed by atoms with Crippen LogP contribution in [-0.4, -0.2) is 56.5 Å². The minimum atomic E-state index is -1.19. The van der Waals surface area contributed by atoms with Crippen LogP contribution in [0.5, 0.6) is 17.2 Å². The monoisotopic (exact) mass is 573 g/mol. The summed E-state index contributed by atoms with van der Waals surface area (Å²) in [5.41, 5.74) is 4.50. The molecule has 4 rings (SSSR count). The Labute approximate surface area is 242 Å². The Balaban J connectivity index is 1.47. The van der Waals surface area contributed by atoms with Crippen molar-refractivity contribution in [2.24, 2.45) is 5.10 Å². The van der Waals surface area contributed by atoms with Crippen LogP contribution in [0, 0.1) is 11.3 Å². The first-order chi connectivity index (χ1) is 20.4. The van der Waals surface area contributed by atoms with Crippen LogP contribution in [0.4, 0.5) is 4.79 Å². The number of hydrogen-bond acceptors (Lipinski definition) is 10. The summed E-state index contributed by atoms with van der Waals surface area (Å²) in [5.74, 6) is 0.603. The molecule has 0 fully saturated rings. The molecule has 1 aliphatic rings. The third-order valence-corrected chi connectivity index (χ3v) is 6.31. The van der Waals surface area contributed by atoms with Crippen LogP contribution in [0.2, 0.25) is 0 Å². The number of benzene rings is 3. The normalized spacial score (nSPS) is 15.4. The van der Waals surface area contributed by atoms with E-state index in [1.54, 1.807) is 38.1 Å². The molecule has 3 aromatic carbocycles. The molecule has 42 heavy (non-hydrogen) atoms. The van der Waals surface area contributed by atoms with Gasteiger partial charge >= 0.3 is 12.0 Å². The fraction of sp³-hybridized carbons (Fsp3) is 0.267. The van der Waals surface area contributed by atoms with Crippen LogP contribution in [0.25, 0.3) is 10.8 Å². The predicted octanol–water partition coefficient (Wildman–Crippen LogP) is 3.26. The number of rotatable bonds is 12. The van der Waals surface area contributed by atoms with Crippen LogP contribution in [0.3, 0.4) is 0 Å². The number of aliphatic hydroxyl groups excluding tert-OH is 1. The number of fused-ring (bicyclic) bond motifs is 1. The number of nitrogens with zero attached hydrogens (tertiary/aromatic N) is 2. The van der Waals surface area contributed by atoms with Crippen molar-refractivity contribution in [2.45, 2.75) is 26.1 Å². The molecule has 12 nitrogen and oxygen atoms in total. The van der Waals surface area contributed by atoms with Crippen molar-refractivity contribution >= 4 is 29.0 Å². The fourth-order valence-corrected chi connectivity index (χ4v) is 4.45. The van der Waals surface area contributed by atoms with Crippen molar-refractivity contribution in [1.82, 2.24) is 16.1 Å². The number of carbonyl (C=O) groups excluding carboxylic acids is 2. The molecule has 1 heterocycles. The largest absolute Gasteiger partial charge is 0.490 e. The van der Waals surface area contributed by atoms with E-state index in [1.807, 2.05) is 36.4 Å². The van der Waals surface area contributed by atoms with E-state index in [0.29, 0.717) is 40.7 Å². The Morgan fingerprint density at radius 3 is 2.69 bits per heavy atom. The number of nitrogens with one attached hydrogen (secondary N) is 3. The van der Waals surface area contributed by atoms with Gasteiger partial charge in [0.1, 0.15) is 18.4 Å². The number of urea groups is 1. The van der Waals surface area contributed by atoms with Gasteiger partial charge < -0.3 is 34.7 Å². The van der Waals surface area contributed by atoms with Gasteiger partial charge in [-0.3, -0.25) is 5.43 Å². The number of nitriles is 1. The van der Waals surface area contributed by atoms with Gasteiger partial charge in [-0.1, -0.05) is 36.4 Å². The van der Waals surface area contributed by atoms with Crippen molar-refractivity contribution in [3.63, 3.8) is 0 Å². The number of esters is 1. The van der Waals surface area contributed by atoms with Gasteiger partial charge in [0, 0.05) is 11.3 Å². The van der Waals surface area contributed by atoms with E-state index in [-0.39, 0.29) is 18.8 Å². The maximum Gasteiger partial charge on any atom is 0.337 e. The summed E-state index contributed by atoms with van der Waals surface area (Å²) in [6.45, 7) is 3.45. The average molecular weight is 574 g/mol. The van der Waals surface area contributed by atoms with Gasteiger partial charge in [-0.25, -0.2) is 9.59 Å². The highest BCUT2D eigenvalue weighted by molar-refractivity contribution is 6.02. The molecule has 0 unspecified atom stereocenters. The number of carbonyl (C=O) groups is 2. The number of hydrazone groups is 1. The lowest BCUT2D eigenvalue weighted by Crippen LogP contribution is -2.45. The zero-order chi connectivity index (χ0) is 30.1. The second-order valence-corrected chi connectivity index (χ2v) is 9.06. The SMILES string of the molecule is CCOc1cc([C@@H]2NC(=O)NC(C)=C2C(=O)OC)ccc1OC[C@H](O)N/N=C/c1c(OCC#N)ccc2ccccc12. The van der Waals surface area contributed by atoms with Gasteiger partial charge in [0.15, 0.2) is 24.3 Å². The highest BCUT2D eigenvalue weighted by Gasteiger charge is 2.32. The minimum Gasteiger partial charge on any atom is -0.490 e. The lowest BCUT2D eigenvalue weighted by Gasteiger charge is -2.28. The van der Waals surface area contributed by atoms with E-state index in [1.165, 1.54) is 13.3 Å². The molecule has 0 aliphatic carbocycles. The topological polar surface area (TPSA) is 164 Å². The molecule has 1 aliphatic heterocycles. The first kappa shape index (κ1) is 29.7. The maximum atomic E-state index is 12.4. The molecule has 3 aromatic rings. The maximum absolute atomic E-state index is 12.4. The van der Waals surface area contributed by atoms with Gasteiger partial charge in [0.2, 0.25) is 0 Å². The molecular formula is C30H31N5O7. The third-order valence-electron chi connectivity index (χ3n) is 6.31. The number of aliphatic hydroxyl groups is 1. The second kappa shape index (κ2) is 13.9. The van der Waals surface area contributed by atoms with Crippen LogP contribution in [0.15, 0.2) is 71.0 Å². The summed E-state index contributed by atoms with van der Waals surface area (Å²) in [4.78, 5) is 24.6. The van der Waals surface area contributed by atoms with E-state index >= 15 is 0 Å². The number of methoxy groups -OCH3 is 1. The number of ether oxygens (including phenoxy) is 4. The molecule has 12 heteroatoms. The zero-order valence-corrected chi connectivity index (χ0v) is 23.3. The summed E-state index contributed by atoms with van der Waals surface area (Å²) < 4.78 is 22.0. The molecule has 0 aromatic heterocycles. The van der Waals surface area contributed by atoms with Crippen molar-refractivity contribution in [3.05, 3.63) is 77.0 Å². The zero-order valence-electron chi connectivity index (χ0n) is 23.3. The summed E-state index contributed by atoms with van der Waals surface area (Å²) in [5, 5.41) is 30.7. The molecule has 2 amide bonds. The van der Waals surface area contributed by atoms with Crippen molar-refractivity contribution in [2.75, 3.05) is 26.9 Å². The van der Waals surface area contributed by atoms with Crippen molar-refractivity contribution < 1.29 is 33.6 Å². The Morgan fingerprint density at radius 1 is 1.14 bits per heavy atom. The molecule has 218 valence electrons. The van der Waals surface area contributed by atoms with Crippen LogP contribution < -0.4 is 30.3 Å². The Morgan fingerprint density at radius 2 is 1.93 bits per heavy atom. The van der Waals surface area contributed by atoms with E-state index in [2.05, 4.69) is 21.2 Å². The molecular weight excluding hydrogens is 542 g/mol. The molecule has 0 saturated heterocycles. The van der Waals surface area contributed by atoms with Crippen LogP contribution >= 0.6 is 0 Å². The van der Waals surface area contributed by atoms with Gasteiger partial charge in [0.05, 0.1) is 31.5 Å². The smallest absolute Gasteiger partial charge is 0.337 e. The highest BCUT2D eigenvalue weighted by atomic mass is 16.5. The van der Waals surface area contributed by atoms with Gasteiger partial charge in [-0.15, -0.1) is 0 Å². The third kappa shape index (κ3) is 6.89. The predicted molar refractivity (Wildman–Crippen MR) is 154 cm³/mol. The molecule has 4 N–H and O–H groups in total. The standard InChI is InChI=1S/C30H31N5O7/c1-4-40-25-15-20(28-27(29(37)39-3)18(2)33-30(38)34-28)10-12-24(25)42-17-26(36)35-32-16-22-21-8-6-5-7-19(21)9-11-23(22)41-14-13-31/h5-12,15-16,26,28,35-36H,4,14,17H2,1-3H3,(H2,33,34,38)/b32-16+/t26-,28-/m0/s1. The van der Waals surface area contributed by atoms with Crippen molar-refractivity contribution in [3.8, 4) is 23.3 Å². The van der Waals surface area contributed by atoms with Gasteiger partial charge in [-0.05, 0) is 48.4 Å². The Hall–Kier alpha value is -5.28. The van der Waals surface area contributed by atoms with E-state index in [9.17, 15) is 14.7 Å². The Kier molecular flexibility index (Phi) is 9.81. The fourth-order valence-electron chi connectivity index (χ4n) is 4.45. The van der Waals surface area contributed by atoms with Crippen LogP contribution in [0.1, 0.15) is 31.0 Å². The number of hydrogen-bond donors (Lipinski definition) is 4. The van der Waals surface area contributed by atoms with Gasteiger partial charge in [0.25, 0.3) is 0 Å². The first-order valence-corrected chi connectivity index (χ1v) is 13.1. The summed E-state index contributed by atoms with van der Waals surface area (Å²) in [6.07, 6.45) is 0.328. The number of allylic oxidation sites excluding steroid dienone is 1. The van der Waals surface area contributed by atoms with E-state index < -0.39 is 24.3 Å². The second-order valence-electron chi connectivity index (χ2n) is 9.06. The summed E-state index contributed by atoms with van der Waals surface area (Å²) >= 11 is 0. The lowest BCUT2D eigenvalue weighted by molar-refractivity contribution is -0.136. The average Bonchev–Trinajstić information content (AvgIpc) is 2.99. The summed E-state index contributed by atoms with van der Waals surface area (Å²) in [6, 6.07) is 17.0. The molecule has 0 spiro atoms. The van der Waals surface area contributed by atoms with Crippen LogP contribution in [-0.2, 0) is 9.53 Å². The molecule has 2 atom stereocenters. The first-order valence-electron chi connectivity index (χ1n) is 13.1. The minimum absolute atomic E-state index is 0.117. The number of amides is 2. The summed E-state index contributed by atoms with van der Waals surface area (Å²) in [7, 11) is 1.27.